The molecule has 1 N–H and O–H groups in total. The van der Waals surface area contributed by atoms with Crippen molar-refractivity contribution in [2.45, 2.75) is 38.8 Å². The summed E-state index contributed by atoms with van der Waals surface area (Å²) < 4.78 is 12.7. The number of ether oxygens (including phenoxy) is 2. The molecule has 29 heavy (non-hydrogen) atoms. The molecule has 0 unspecified atom stereocenters. The van der Waals surface area contributed by atoms with E-state index >= 15 is 0 Å². The van der Waals surface area contributed by atoms with Crippen molar-refractivity contribution in [3.8, 4) is 11.5 Å². The molecule has 7 nitrogen and oxygen atoms in total. The third-order valence-electron chi connectivity index (χ3n) is 5.64. The molecule has 1 amide bonds. The Morgan fingerprint density at radius 1 is 1.31 bits per heavy atom. The van der Waals surface area contributed by atoms with Crippen molar-refractivity contribution in [3.63, 3.8) is 0 Å². The fourth-order valence-corrected chi connectivity index (χ4v) is 3.89. The molecule has 7 heteroatoms. The van der Waals surface area contributed by atoms with Gasteiger partial charge in [-0.2, -0.15) is 0 Å². The minimum Gasteiger partial charge on any atom is -0.497 e. The first kappa shape index (κ1) is 21.2. The molecule has 1 aliphatic heterocycles. The zero-order chi connectivity index (χ0) is 20.6. The molecular weight excluding hydrogens is 368 g/mol. The molecule has 0 aliphatic carbocycles. The number of rotatable bonds is 9. The number of nitrogens with zero attached hydrogens (tertiary/aromatic N) is 3. The van der Waals surface area contributed by atoms with Gasteiger partial charge >= 0.3 is 0 Å². The Kier molecular flexibility index (Phi) is 7.52. The molecule has 1 saturated heterocycles. The van der Waals surface area contributed by atoms with Gasteiger partial charge in [-0.3, -0.25) is 9.69 Å². The number of hydrogen-bond donors (Lipinski definition) is 1. The number of likely N-dealkylation sites (tertiary alicyclic amines) is 1. The lowest BCUT2D eigenvalue weighted by Crippen LogP contribution is -2.36. The van der Waals surface area contributed by atoms with Crippen LogP contribution in [0.3, 0.4) is 0 Å². The number of carbonyl (C=O) groups excluding carboxylic acids is 1. The number of aromatic nitrogens is 2. The summed E-state index contributed by atoms with van der Waals surface area (Å²) in [6.45, 7) is 3.48. The van der Waals surface area contributed by atoms with Gasteiger partial charge in [0.25, 0.3) is 0 Å². The molecule has 2 heterocycles. The monoisotopic (exact) mass is 400 g/mol. The van der Waals surface area contributed by atoms with Crippen LogP contribution < -0.4 is 14.8 Å². The van der Waals surface area contributed by atoms with Crippen molar-refractivity contribution in [2.24, 2.45) is 13.0 Å². The molecule has 3 rings (SSSR count). The Labute approximate surface area is 173 Å². The molecule has 1 aromatic heterocycles. The fourth-order valence-electron chi connectivity index (χ4n) is 3.89. The van der Waals surface area contributed by atoms with Crippen LogP contribution in [0.25, 0.3) is 0 Å². The second kappa shape index (κ2) is 10.3. The molecule has 158 valence electrons. The van der Waals surface area contributed by atoms with E-state index in [0.29, 0.717) is 18.9 Å². The largest absolute Gasteiger partial charge is 0.497 e. The Balaban J connectivity index is 1.42. The number of imidazole rings is 1. The standard InChI is InChI=1S/C22H32N4O3/c1-25-12-10-23-21(25)16-26-11-4-5-17(15-26)6-9-22(27)24-14-18-7-8-19(28-2)13-20(18)29-3/h7-8,10,12-13,17H,4-6,9,11,14-16H2,1-3H3,(H,24,27)/t17-/m1/s1. The minimum atomic E-state index is 0.0871. The highest BCUT2D eigenvalue weighted by Gasteiger charge is 2.21. The lowest BCUT2D eigenvalue weighted by molar-refractivity contribution is -0.121. The summed E-state index contributed by atoms with van der Waals surface area (Å²) in [6.07, 6.45) is 7.68. The van der Waals surface area contributed by atoms with Crippen molar-refractivity contribution < 1.29 is 14.3 Å². The summed E-state index contributed by atoms with van der Waals surface area (Å²) >= 11 is 0. The van der Waals surface area contributed by atoms with Crippen LogP contribution in [0.4, 0.5) is 0 Å². The van der Waals surface area contributed by atoms with Gasteiger partial charge in [-0.05, 0) is 43.9 Å². The van der Waals surface area contributed by atoms with Crippen LogP contribution in [0.5, 0.6) is 11.5 Å². The summed E-state index contributed by atoms with van der Waals surface area (Å²) in [5, 5.41) is 3.02. The zero-order valence-electron chi connectivity index (χ0n) is 17.7. The molecule has 1 fully saturated rings. The van der Waals surface area contributed by atoms with E-state index in [0.717, 1.165) is 48.9 Å². The van der Waals surface area contributed by atoms with Crippen LogP contribution in [0.2, 0.25) is 0 Å². The maximum Gasteiger partial charge on any atom is 0.220 e. The lowest BCUT2D eigenvalue weighted by Gasteiger charge is -2.32. The smallest absolute Gasteiger partial charge is 0.220 e. The van der Waals surface area contributed by atoms with Gasteiger partial charge in [-0.25, -0.2) is 4.98 Å². The molecule has 0 saturated carbocycles. The van der Waals surface area contributed by atoms with Crippen LogP contribution in [0, 0.1) is 5.92 Å². The Morgan fingerprint density at radius 3 is 2.90 bits per heavy atom. The second-order valence-corrected chi connectivity index (χ2v) is 7.69. The van der Waals surface area contributed by atoms with E-state index in [9.17, 15) is 4.79 Å². The Hall–Kier alpha value is -2.54. The average Bonchev–Trinajstić information content (AvgIpc) is 3.15. The summed E-state index contributed by atoms with van der Waals surface area (Å²) in [5.41, 5.74) is 0.945. The van der Waals surface area contributed by atoms with Gasteiger partial charge in [0.1, 0.15) is 17.3 Å². The van der Waals surface area contributed by atoms with E-state index in [-0.39, 0.29) is 5.91 Å². The molecule has 2 aromatic rings. The molecule has 0 radical (unpaired) electrons. The highest BCUT2D eigenvalue weighted by molar-refractivity contribution is 5.75. The average molecular weight is 401 g/mol. The van der Waals surface area contributed by atoms with Gasteiger partial charge in [0.2, 0.25) is 5.91 Å². The van der Waals surface area contributed by atoms with Gasteiger partial charge < -0.3 is 19.4 Å². The van der Waals surface area contributed by atoms with Gasteiger partial charge in [0, 0.05) is 50.6 Å². The summed E-state index contributed by atoms with van der Waals surface area (Å²) in [6, 6.07) is 5.64. The van der Waals surface area contributed by atoms with Crippen molar-refractivity contribution >= 4 is 5.91 Å². The number of hydrogen-bond acceptors (Lipinski definition) is 5. The first-order valence-corrected chi connectivity index (χ1v) is 10.2. The Morgan fingerprint density at radius 2 is 2.17 bits per heavy atom. The Bertz CT molecular complexity index is 805. The number of aryl methyl sites for hydroxylation is 1. The van der Waals surface area contributed by atoms with Crippen LogP contribution in [0.15, 0.2) is 30.6 Å². The second-order valence-electron chi connectivity index (χ2n) is 7.69. The van der Waals surface area contributed by atoms with E-state index in [4.69, 9.17) is 9.47 Å². The van der Waals surface area contributed by atoms with Crippen molar-refractivity contribution in [1.82, 2.24) is 19.8 Å². The van der Waals surface area contributed by atoms with Crippen molar-refractivity contribution in [2.75, 3.05) is 27.3 Å². The van der Waals surface area contributed by atoms with E-state index in [1.165, 1.54) is 12.8 Å². The molecule has 1 aromatic carbocycles. The van der Waals surface area contributed by atoms with Gasteiger partial charge in [-0.1, -0.05) is 0 Å². The molecular formula is C22H32N4O3. The predicted octanol–water partition coefficient (Wildman–Crippen LogP) is 2.75. The van der Waals surface area contributed by atoms with Gasteiger partial charge in [0.05, 0.1) is 20.8 Å². The third kappa shape index (κ3) is 5.97. The van der Waals surface area contributed by atoms with E-state index in [2.05, 4.69) is 19.8 Å². The number of nitrogens with one attached hydrogen (secondary N) is 1. The molecule has 0 spiro atoms. The molecule has 1 aliphatic rings. The summed E-state index contributed by atoms with van der Waals surface area (Å²) in [5.74, 6) is 3.21. The number of carbonyl (C=O) groups is 1. The first-order chi connectivity index (χ1) is 14.1. The topological polar surface area (TPSA) is 68.6 Å². The van der Waals surface area contributed by atoms with Crippen molar-refractivity contribution in [1.29, 1.82) is 0 Å². The normalized spacial score (nSPS) is 17.1. The van der Waals surface area contributed by atoms with Crippen molar-refractivity contribution in [3.05, 3.63) is 42.0 Å². The third-order valence-corrected chi connectivity index (χ3v) is 5.64. The molecule has 1 atom stereocenters. The fraction of sp³-hybridized carbons (Fsp3) is 0.545. The number of benzene rings is 1. The van der Waals surface area contributed by atoms with E-state index in [1.807, 2.05) is 37.6 Å². The SMILES string of the molecule is COc1ccc(CNC(=O)CC[C@H]2CCCN(Cc3nccn3C)C2)c(OC)c1. The minimum absolute atomic E-state index is 0.0871. The maximum atomic E-state index is 12.4. The quantitative estimate of drug-likeness (QED) is 0.701. The first-order valence-electron chi connectivity index (χ1n) is 10.2. The lowest BCUT2D eigenvalue weighted by atomic mass is 9.93. The number of methoxy groups -OCH3 is 2. The highest BCUT2D eigenvalue weighted by Crippen LogP contribution is 2.25. The zero-order valence-corrected chi connectivity index (χ0v) is 17.7. The van der Waals surface area contributed by atoms with E-state index in [1.54, 1.807) is 14.2 Å². The van der Waals surface area contributed by atoms with Crippen LogP contribution in [-0.2, 0) is 24.9 Å². The van der Waals surface area contributed by atoms with E-state index < -0.39 is 0 Å². The van der Waals surface area contributed by atoms with Crippen LogP contribution in [0.1, 0.15) is 37.1 Å². The number of amides is 1. The summed E-state index contributed by atoms with van der Waals surface area (Å²) in [7, 11) is 5.28. The van der Waals surface area contributed by atoms with Gasteiger partial charge in [0.15, 0.2) is 0 Å². The molecule has 0 bridgehead atoms. The van der Waals surface area contributed by atoms with Gasteiger partial charge in [-0.15, -0.1) is 0 Å². The predicted molar refractivity (Wildman–Crippen MR) is 112 cm³/mol. The maximum absolute atomic E-state index is 12.4. The number of piperidine rings is 1. The van der Waals surface area contributed by atoms with Crippen LogP contribution >= 0.6 is 0 Å². The summed E-state index contributed by atoms with van der Waals surface area (Å²) in [4.78, 5) is 19.2. The van der Waals surface area contributed by atoms with Crippen LogP contribution in [-0.4, -0.2) is 47.7 Å². The highest BCUT2D eigenvalue weighted by atomic mass is 16.5.